The van der Waals surface area contributed by atoms with E-state index in [1.807, 2.05) is 13.0 Å². The molecule has 1 aromatic carbocycles. The summed E-state index contributed by atoms with van der Waals surface area (Å²) in [5.74, 6) is 0.621. The fraction of sp³-hybridized carbons (Fsp3) is 0.727. The van der Waals surface area contributed by atoms with E-state index in [0.717, 1.165) is 37.7 Å². The highest BCUT2D eigenvalue weighted by Crippen LogP contribution is 2.27. The quantitative estimate of drug-likeness (QED) is 0.277. The van der Waals surface area contributed by atoms with Crippen molar-refractivity contribution in [3.8, 4) is 5.75 Å². The molecule has 0 fully saturated rings. The molecule has 0 saturated carbocycles. The molecule has 156 valence electrons. The number of unbranched alkanes of at least 4 members (excludes halogenated alkanes) is 6. The van der Waals surface area contributed by atoms with E-state index in [4.69, 9.17) is 4.74 Å². The van der Waals surface area contributed by atoms with Gasteiger partial charge in [-0.25, -0.2) is 0 Å². The molecule has 1 rings (SSSR count). The van der Waals surface area contributed by atoms with Gasteiger partial charge in [-0.3, -0.25) is 4.55 Å². The van der Waals surface area contributed by atoms with Gasteiger partial charge < -0.3 is 4.74 Å². The summed E-state index contributed by atoms with van der Waals surface area (Å²) in [6.45, 7) is 6.27. The first kappa shape index (κ1) is 24.0. The number of hydrogen-bond acceptors (Lipinski definition) is 3. The van der Waals surface area contributed by atoms with Gasteiger partial charge >= 0.3 is 10.1 Å². The Morgan fingerprint density at radius 2 is 1.52 bits per heavy atom. The lowest BCUT2D eigenvalue weighted by atomic mass is 10.0. The van der Waals surface area contributed by atoms with E-state index < -0.39 is 15.6 Å². The maximum Gasteiger partial charge on any atom is 0.303 e. The van der Waals surface area contributed by atoms with E-state index in [0.29, 0.717) is 12.2 Å². The van der Waals surface area contributed by atoms with Gasteiger partial charge in [0, 0.05) is 6.42 Å². The standard InChI is InChI=1S/C22H38O4S/c1-4-7-9-11-14-19-16-17-20(15-12-10-8-5-2)21(18-19)26-22(13-6-3)27(23,24)25/h16-18,22H,4-15H2,1-3H3,(H,23,24,25). The SMILES string of the molecule is CCCCCCc1ccc(CCCCCC)c(OC(CCC)S(=O)(=O)O)c1. The van der Waals surface area contributed by atoms with Crippen LogP contribution in [0.2, 0.25) is 0 Å². The van der Waals surface area contributed by atoms with Gasteiger partial charge in [-0.1, -0.05) is 77.8 Å². The first-order valence-corrected chi connectivity index (χ1v) is 12.2. The van der Waals surface area contributed by atoms with E-state index in [1.54, 1.807) is 0 Å². The molecule has 4 nitrogen and oxygen atoms in total. The van der Waals surface area contributed by atoms with Crippen LogP contribution in [0.3, 0.4) is 0 Å². The van der Waals surface area contributed by atoms with Crippen molar-refractivity contribution in [2.24, 2.45) is 0 Å². The van der Waals surface area contributed by atoms with Crippen molar-refractivity contribution < 1.29 is 17.7 Å². The van der Waals surface area contributed by atoms with Crippen molar-refractivity contribution in [3.05, 3.63) is 29.3 Å². The zero-order chi connectivity index (χ0) is 20.1. The molecular weight excluding hydrogens is 360 g/mol. The Bertz CT molecular complexity index is 625. The van der Waals surface area contributed by atoms with Gasteiger partial charge in [0.05, 0.1) is 0 Å². The molecule has 0 radical (unpaired) electrons. The summed E-state index contributed by atoms with van der Waals surface area (Å²) in [6.07, 6.45) is 12.1. The van der Waals surface area contributed by atoms with Gasteiger partial charge in [0.2, 0.25) is 5.44 Å². The van der Waals surface area contributed by atoms with Gasteiger partial charge in [-0.05, 0) is 42.9 Å². The second-order valence-corrected chi connectivity index (χ2v) is 8.97. The lowest BCUT2D eigenvalue weighted by Crippen LogP contribution is -2.27. The van der Waals surface area contributed by atoms with Gasteiger partial charge in [-0.15, -0.1) is 0 Å². The number of ether oxygens (including phenoxy) is 1. The van der Waals surface area contributed by atoms with Crippen LogP contribution in [-0.4, -0.2) is 18.4 Å². The van der Waals surface area contributed by atoms with Gasteiger partial charge in [-0.2, -0.15) is 8.42 Å². The Morgan fingerprint density at radius 3 is 2.07 bits per heavy atom. The molecule has 1 unspecified atom stereocenters. The lowest BCUT2D eigenvalue weighted by Gasteiger charge is -2.19. The molecular formula is C22H38O4S. The molecule has 0 aromatic heterocycles. The third kappa shape index (κ3) is 9.61. The molecule has 1 aromatic rings. The van der Waals surface area contributed by atoms with Crippen molar-refractivity contribution >= 4 is 10.1 Å². The van der Waals surface area contributed by atoms with Gasteiger partial charge in [0.25, 0.3) is 0 Å². The summed E-state index contributed by atoms with van der Waals surface area (Å²) < 4.78 is 38.8. The van der Waals surface area contributed by atoms with Crippen molar-refractivity contribution in [2.45, 2.75) is 103 Å². The molecule has 0 bridgehead atoms. The number of benzene rings is 1. The molecule has 0 aliphatic rings. The van der Waals surface area contributed by atoms with Crippen LogP contribution < -0.4 is 4.74 Å². The average Bonchev–Trinajstić information content (AvgIpc) is 2.62. The van der Waals surface area contributed by atoms with Crippen LogP contribution in [0.5, 0.6) is 5.75 Å². The maximum atomic E-state index is 11.7. The molecule has 5 heteroatoms. The van der Waals surface area contributed by atoms with Crippen LogP contribution in [0.25, 0.3) is 0 Å². The van der Waals surface area contributed by atoms with Gasteiger partial charge in [0.15, 0.2) is 0 Å². The lowest BCUT2D eigenvalue weighted by molar-refractivity contribution is 0.243. The van der Waals surface area contributed by atoms with Crippen molar-refractivity contribution in [3.63, 3.8) is 0 Å². The Morgan fingerprint density at radius 1 is 0.889 bits per heavy atom. The Balaban J connectivity index is 2.93. The molecule has 0 saturated heterocycles. The number of aryl methyl sites for hydroxylation is 2. The van der Waals surface area contributed by atoms with E-state index >= 15 is 0 Å². The average molecular weight is 399 g/mol. The summed E-state index contributed by atoms with van der Waals surface area (Å²) in [6, 6.07) is 6.19. The molecule has 1 N–H and O–H groups in total. The fourth-order valence-corrected chi connectivity index (χ4v) is 3.97. The minimum Gasteiger partial charge on any atom is -0.472 e. The summed E-state index contributed by atoms with van der Waals surface area (Å²) in [5.41, 5.74) is 1.02. The predicted molar refractivity (Wildman–Crippen MR) is 113 cm³/mol. The van der Waals surface area contributed by atoms with Crippen LogP contribution in [0.15, 0.2) is 18.2 Å². The molecule has 0 aliphatic heterocycles. The first-order chi connectivity index (χ1) is 12.9. The van der Waals surface area contributed by atoms with E-state index in [2.05, 4.69) is 26.0 Å². The van der Waals surface area contributed by atoms with E-state index in [1.165, 1.54) is 37.7 Å². The first-order valence-electron chi connectivity index (χ1n) is 10.7. The molecule has 27 heavy (non-hydrogen) atoms. The molecule has 0 aliphatic carbocycles. The Labute approximate surface area is 166 Å². The minimum absolute atomic E-state index is 0.287. The summed E-state index contributed by atoms with van der Waals surface area (Å²) in [4.78, 5) is 0. The number of rotatable bonds is 15. The van der Waals surface area contributed by atoms with Gasteiger partial charge in [0.1, 0.15) is 5.75 Å². The topological polar surface area (TPSA) is 63.6 Å². The van der Waals surface area contributed by atoms with Crippen LogP contribution in [0.1, 0.15) is 96.1 Å². The highest BCUT2D eigenvalue weighted by molar-refractivity contribution is 7.86. The van der Waals surface area contributed by atoms with Crippen molar-refractivity contribution in [1.29, 1.82) is 0 Å². The van der Waals surface area contributed by atoms with Crippen molar-refractivity contribution in [1.82, 2.24) is 0 Å². The van der Waals surface area contributed by atoms with Crippen LogP contribution in [-0.2, 0) is 23.0 Å². The summed E-state index contributed by atoms with van der Waals surface area (Å²) >= 11 is 0. The molecule has 0 heterocycles. The predicted octanol–water partition coefficient (Wildman–Crippen LogP) is 6.33. The molecule has 0 amide bonds. The smallest absolute Gasteiger partial charge is 0.303 e. The monoisotopic (exact) mass is 398 g/mol. The zero-order valence-corrected chi connectivity index (χ0v) is 18.2. The normalized spacial score (nSPS) is 12.9. The highest BCUT2D eigenvalue weighted by Gasteiger charge is 2.25. The Kier molecular flexibility index (Phi) is 11.7. The molecule has 0 spiro atoms. The van der Waals surface area contributed by atoms with Crippen LogP contribution in [0.4, 0.5) is 0 Å². The third-order valence-corrected chi connectivity index (χ3v) is 5.86. The zero-order valence-electron chi connectivity index (χ0n) is 17.4. The minimum atomic E-state index is -4.23. The maximum absolute atomic E-state index is 11.7. The summed E-state index contributed by atoms with van der Waals surface area (Å²) in [7, 11) is -4.23. The third-order valence-electron chi connectivity index (χ3n) is 4.87. The fourth-order valence-electron chi connectivity index (χ4n) is 3.21. The van der Waals surface area contributed by atoms with E-state index in [9.17, 15) is 13.0 Å². The summed E-state index contributed by atoms with van der Waals surface area (Å²) in [5, 5.41) is 0. The largest absolute Gasteiger partial charge is 0.472 e. The number of hydrogen-bond donors (Lipinski definition) is 1. The Hall–Kier alpha value is -1.07. The van der Waals surface area contributed by atoms with Crippen LogP contribution >= 0.6 is 0 Å². The highest BCUT2D eigenvalue weighted by atomic mass is 32.2. The second-order valence-electron chi connectivity index (χ2n) is 7.41. The second kappa shape index (κ2) is 13.2. The van der Waals surface area contributed by atoms with E-state index in [-0.39, 0.29) is 6.42 Å². The van der Waals surface area contributed by atoms with Crippen LogP contribution in [0, 0.1) is 0 Å². The van der Waals surface area contributed by atoms with Crippen molar-refractivity contribution in [2.75, 3.05) is 0 Å². The molecule has 1 atom stereocenters.